The van der Waals surface area contributed by atoms with Crippen molar-refractivity contribution in [3.63, 3.8) is 0 Å². The molecule has 114 valence electrons. The van der Waals surface area contributed by atoms with Crippen LogP contribution in [-0.2, 0) is 20.0 Å². The third-order valence-corrected chi connectivity index (χ3v) is 3.30. The minimum atomic E-state index is 0.637. The lowest BCUT2D eigenvalue weighted by Gasteiger charge is -2.11. The SMILES string of the molecule is CCOc1ccc(CNCCc2nccn2C)cc1OC. The number of methoxy groups -OCH3 is 1. The number of hydrogen-bond donors (Lipinski definition) is 1. The third kappa shape index (κ3) is 4.23. The molecular formula is C16H23N3O2. The lowest BCUT2D eigenvalue weighted by molar-refractivity contribution is 0.310. The molecule has 0 saturated heterocycles. The van der Waals surface area contributed by atoms with E-state index in [0.29, 0.717) is 6.61 Å². The molecule has 0 spiro atoms. The minimum absolute atomic E-state index is 0.637. The molecule has 0 radical (unpaired) electrons. The van der Waals surface area contributed by atoms with Gasteiger partial charge in [0.1, 0.15) is 5.82 Å². The van der Waals surface area contributed by atoms with Gasteiger partial charge in [-0.1, -0.05) is 6.07 Å². The zero-order valence-corrected chi connectivity index (χ0v) is 12.9. The molecule has 1 heterocycles. The summed E-state index contributed by atoms with van der Waals surface area (Å²) in [5.41, 5.74) is 1.18. The van der Waals surface area contributed by atoms with E-state index in [9.17, 15) is 0 Å². The molecule has 2 aromatic rings. The Hall–Kier alpha value is -2.01. The summed E-state index contributed by atoms with van der Waals surface area (Å²) in [6.45, 7) is 4.29. The molecule has 0 amide bonds. The Morgan fingerprint density at radius 2 is 2.14 bits per heavy atom. The van der Waals surface area contributed by atoms with Gasteiger partial charge >= 0.3 is 0 Å². The zero-order chi connectivity index (χ0) is 15.1. The van der Waals surface area contributed by atoms with Crippen LogP contribution in [0.25, 0.3) is 0 Å². The lowest BCUT2D eigenvalue weighted by atomic mass is 10.2. The standard InChI is InChI=1S/C16H23N3O2/c1-4-21-14-6-5-13(11-15(14)20-3)12-17-8-7-16-18-9-10-19(16)2/h5-6,9-11,17H,4,7-8,12H2,1-3H3. The van der Waals surface area contributed by atoms with Gasteiger partial charge in [-0.2, -0.15) is 0 Å². The van der Waals surface area contributed by atoms with Gasteiger partial charge in [0.05, 0.1) is 13.7 Å². The molecule has 1 aromatic heterocycles. The second-order valence-electron chi connectivity index (χ2n) is 4.80. The first kappa shape index (κ1) is 15.4. The fourth-order valence-corrected chi connectivity index (χ4v) is 2.17. The fraction of sp³-hybridized carbons (Fsp3) is 0.438. The summed E-state index contributed by atoms with van der Waals surface area (Å²) in [6, 6.07) is 6.03. The first-order chi connectivity index (χ1) is 10.2. The molecule has 5 heteroatoms. The largest absolute Gasteiger partial charge is 0.493 e. The van der Waals surface area contributed by atoms with Crippen LogP contribution in [0.4, 0.5) is 0 Å². The highest BCUT2D eigenvalue weighted by Gasteiger charge is 2.05. The molecule has 0 bridgehead atoms. The molecular weight excluding hydrogens is 266 g/mol. The second kappa shape index (κ2) is 7.69. The number of benzene rings is 1. The topological polar surface area (TPSA) is 48.3 Å². The van der Waals surface area contributed by atoms with Crippen LogP contribution in [0.3, 0.4) is 0 Å². The van der Waals surface area contributed by atoms with E-state index in [1.165, 1.54) is 5.56 Å². The normalized spacial score (nSPS) is 10.6. The number of ether oxygens (including phenoxy) is 2. The Kier molecular flexibility index (Phi) is 5.63. The van der Waals surface area contributed by atoms with Crippen LogP contribution < -0.4 is 14.8 Å². The molecule has 1 aromatic carbocycles. The first-order valence-electron chi connectivity index (χ1n) is 7.21. The molecule has 21 heavy (non-hydrogen) atoms. The Morgan fingerprint density at radius 3 is 2.81 bits per heavy atom. The maximum Gasteiger partial charge on any atom is 0.161 e. The molecule has 1 N–H and O–H groups in total. The zero-order valence-electron chi connectivity index (χ0n) is 12.9. The predicted molar refractivity (Wildman–Crippen MR) is 82.8 cm³/mol. The van der Waals surface area contributed by atoms with Crippen molar-refractivity contribution in [3.8, 4) is 11.5 Å². The molecule has 5 nitrogen and oxygen atoms in total. The van der Waals surface area contributed by atoms with Gasteiger partial charge in [-0.3, -0.25) is 0 Å². The van der Waals surface area contributed by atoms with Crippen LogP contribution in [-0.4, -0.2) is 29.8 Å². The van der Waals surface area contributed by atoms with Gasteiger partial charge in [0.2, 0.25) is 0 Å². The van der Waals surface area contributed by atoms with Crippen molar-refractivity contribution in [2.75, 3.05) is 20.3 Å². The van der Waals surface area contributed by atoms with Crippen LogP contribution in [0.2, 0.25) is 0 Å². The Balaban J connectivity index is 1.84. The van der Waals surface area contributed by atoms with E-state index < -0.39 is 0 Å². The number of rotatable bonds is 8. The third-order valence-electron chi connectivity index (χ3n) is 3.30. The van der Waals surface area contributed by atoms with Crippen molar-refractivity contribution < 1.29 is 9.47 Å². The lowest BCUT2D eigenvalue weighted by Crippen LogP contribution is -2.18. The monoisotopic (exact) mass is 289 g/mol. The smallest absolute Gasteiger partial charge is 0.161 e. The summed E-state index contributed by atoms with van der Waals surface area (Å²) >= 11 is 0. The number of aromatic nitrogens is 2. The number of nitrogens with zero attached hydrogens (tertiary/aromatic N) is 2. The molecule has 0 aliphatic carbocycles. The Bertz CT molecular complexity index is 566. The molecule has 0 unspecified atom stereocenters. The number of nitrogens with one attached hydrogen (secondary N) is 1. The van der Waals surface area contributed by atoms with Gasteiger partial charge in [0.25, 0.3) is 0 Å². The maximum absolute atomic E-state index is 5.51. The van der Waals surface area contributed by atoms with E-state index in [-0.39, 0.29) is 0 Å². The molecule has 0 atom stereocenters. The minimum Gasteiger partial charge on any atom is -0.493 e. The maximum atomic E-state index is 5.51. The van der Waals surface area contributed by atoms with Gasteiger partial charge in [-0.25, -0.2) is 4.98 Å². The van der Waals surface area contributed by atoms with Crippen LogP contribution >= 0.6 is 0 Å². The molecule has 0 saturated carbocycles. The molecule has 0 fully saturated rings. The van der Waals surface area contributed by atoms with Crippen LogP contribution in [0.5, 0.6) is 11.5 Å². The molecule has 2 rings (SSSR count). The van der Waals surface area contributed by atoms with Crippen molar-refractivity contribution in [2.24, 2.45) is 7.05 Å². The van der Waals surface area contributed by atoms with E-state index >= 15 is 0 Å². The fourth-order valence-electron chi connectivity index (χ4n) is 2.17. The van der Waals surface area contributed by atoms with Crippen molar-refractivity contribution in [1.82, 2.24) is 14.9 Å². The average molecular weight is 289 g/mol. The van der Waals surface area contributed by atoms with Crippen LogP contribution in [0.15, 0.2) is 30.6 Å². The van der Waals surface area contributed by atoms with Crippen molar-refractivity contribution in [2.45, 2.75) is 19.9 Å². The summed E-state index contributed by atoms with van der Waals surface area (Å²) in [5, 5.41) is 3.42. The van der Waals surface area contributed by atoms with Gasteiger partial charge in [-0.15, -0.1) is 0 Å². The highest BCUT2D eigenvalue weighted by Crippen LogP contribution is 2.27. The van der Waals surface area contributed by atoms with Gasteiger partial charge < -0.3 is 19.4 Å². The summed E-state index contributed by atoms with van der Waals surface area (Å²) in [6.07, 6.45) is 4.71. The first-order valence-corrected chi connectivity index (χ1v) is 7.21. The number of imidazole rings is 1. The average Bonchev–Trinajstić information content (AvgIpc) is 2.90. The van der Waals surface area contributed by atoms with E-state index in [0.717, 1.165) is 36.8 Å². The van der Waals surface area contributed by atoms with Gasteiger partial charge in [0, 0.05) is 39.0 Å². The number of hydrogen-bond acceptors (Lipinski definition) is 4. The molecule has 0 aliphatic rings. The van der Waals surface area contributed by atoms with E-state index in [1.807, 2.05) is 43.1 Å². The van der Waals surface area contributed by atoms with E-state index in [1.54, 1.807) is 7.11 Å². The van der Waals surface area contributed by atoms with Crippen molar-refractivity contribution in [3.05, 3.63) is 42.0 Å². The van der Waals surface area contributed by atoms with E-state index in [2.05, 4.69) is 16.4 Å². The number of aryl methyl sites for hydroxylation is 1. The Morgan fingerprint density at radius 1 is 1.29 bits per heavy atom. The highest BCUT2D eigenvalue weighted by atomic mass is 16.5. The van der Waals surface area contributed by atoms with Gasteiger partial charge in [0.15, 0.2) is 11.5 Å². The van der Waals surface area contributed by atoms with Crippen LogP contribution in [0, 0.1) is 0 Å². The van der Waals surface area contributed by atoms with Gasteiger partial charge in [-0.05, 0) is 24.6 Å². The van der Waals surface area contributed by atoms with Crippen LogP contribution in [0.1, 0.15) is 18.3 Å². The summed E-state index contributed by atoms with van der Waals surface area (Å²) in [7, 11) is 3.68. The van der Waals surface area contributed by atoms with Crippen molar-refractivity contribution >= 4 is 0 Å². The summed E-state index contributed by atoms with van der Waals surface area (Å²) in [5.74, 6) is 2.66. The molecule has 0 aliphatic heterocycles. The predicted octanol–water partition coefficient (Wildman–Crippen LogP) is 2.16. The summed E-state index contributed by atoms with van der Waals surface area (Å²) in [4.78, 5) is 4.31. The highest BCUT2D eigenvalue weighted by molar-refractivity contribution is 5.42. The van der Waals surface area contributed by atoms with E-state index in [4.69, 9.17) is 9.47 Å². The quantitative estimate of drug-likeness (QED) is 0.757. The Labute approximate surface area is 125 Å². The second-order valence-corrected chi connectivity index (χ2v) is 4.80. The van der Waals surface area contributed by atoms with Crippen molar-refractivity contribution in [1.29, 1.82) is 0 Å². The summed E-state index contributed by atoms with van der Waals surface area (Å²) < 4.78 is 12.9.